The Morgan fingerprint density at radius 2 is 2.05 bits per heavy atom. The summed E-state index contributed by atoms with van der Waals surface area (Å²) in [4.78, 5) is 25.3. The van der Waals surface area contributed by atoms with Crippen molar-refractivity contribution in [3.8, 4) is 0 Å². The quantitative estimate of drug-likeness (QED) is 0.836. The van der Waals surface area contributed by atoms with E-state index in [4.69, 9.17) is 0 Å². The summed E-state index contributed by atoms with van der Waals surface area (Å²) in [5.41, 5.74) is 1.05. The van der Waals surface area contributed by atoms with E-state index in [0.717, 1.165) is 24.9 Å². The minimum absolute atomic E-state index is 0.114. The first kappa shape index (κ1) is 14.6. The van der Waals surface area contributed by atoms with Crippen molar-refractivity contribution in [3.63, 3.8) is 0 Å². The molecule has 4 nitrogen and oxygen atoms in total. The smallest absolute Gasteiger partial charge is 0.232 e. The highest BCUT2D eigenvalue weighted by atomic mass is 16.2. The maximum atomic E-state index is 12.8. The summed E-state index contributed by atoms with van der Waals surface area (Å²) < 4.78 is 0. The molecule has 0 saturated carbocycles. The van der Waals surface area contributed by atoms with Gasteiger partial charge in [0, 0.05) is 6.54 Å². The molecule has 1 aliphatic rings. The Morgan fingerprint density at radius 3 is 2.65 bits per heavy atom. The van der Waals surface area contributed by atoms with Crippen LogP contribution in [0.5, 0.6) is 0 Å². The SMILES string of the molecule is CC(C)C(C(=O)N1CCCC1NC=O)c1ccccc1. The number of carbonyl (C=O) groups is 2. The van der Waals surface area contributed by atoms with E-state index in [9.17, 15) is 9.59 Å². The zero-order valence-electron chi connectivity index (χ0n) is 12.1. The van der Waals surface area contributed by atoms with Crippen molar-refractivity contribution in [1.29, 1.82) is 0 Å². The lowest BCUT2D eigenvalue weighted by Crippen LogP contribution is -2.46. The fourth-order valence-corrected chi connectivity index (χ4v) is 2.93. The van der Waals surface area contributed by atoms with E-state index in [2.05, 4.69) is 19.2 Å². The van der Waals surface area contributed by atoms with Crippen LogP contribution in [0.15, 0.2) is 30.3 Å². The lowest BCUT2D eigenvalue weighted by molar-refractivity contribution is -0.135. The molecule has 1 aromatic rings. The molecule has 1 fully saturated rings. The molecule has 1 aromatic carbocycles. The van der Waals surface area contributed by atoms with Crippen LogP contribution in [0.3, 0.4) is 0 Å². The third-order valence-corrected chi connectivity index (χ3v) is 3.89. The van der Waals surface area contributed by atoms with Crippen molar-refractivity contribution < 1.29 is 9.59 Å². The largest absolute Gasteiger partial charge is 0.338 e. The summed E-state index contributed by atoms with van der Waals surface area (Å²) >= 11 is 0. The number of benzene rings is 1. The number of rotatable bonds is 5. The molecular formula is C16H22N2O2. The summed E-state index contributed by atoms with van der Waals surface area (Å²) in [6, 6.07) is 9.88. The van der Waals surface area contributed by atoms with Crippen molar-refractivity contribution in [2.45, 2.75) is 38.8 Å². The number of carbonyl (C=O) groups excluding carboxylic acids is 2. The van der Waals surface area contributed by atoms with Gasteiger partial charge in [0.15, 0.2) is 0 Å². The first-order chi connectivity index (χ1) is 9.65. The molecule has 4 heteroatoms. The second kappa shape index (κ2) is 6.55. The first-order valence-electron chi connectivity index (χ1n) is 7.20. The highest BCUT2D eigenvalue weighted by Crippen LogP contribution is 2.29. The maximum absolute atomic E-state index is 12.8. The zero-order valence-corrected chi connectivity index (χ0v) is 12.1. The summed E-state index contributed by atoms with van der Waals surface area (Å²) in [6.07, 6.45) is 2.31. The van der Waals surface area contributed by atoms with Crippen molar-refractivity contribution in [2.75, 3.05) is 6.54 Å². The molecule has 2 unspecified atom stereocenters. The Balaban J connectivity index is 2.21. The predicted molar refractivity (Wildman–Crippen MR) is 78.0 cm³/mol. The van der Waals surface area contributed by atoms with Crippen LogP contribution < -0.4 is 5.32 Å². The van der Waals surface area contributed by atoms with Gasteiger partial charge < -0.3 is 10.2 Å². The lowest BCUT2D eigenvalue weighted by Gasteiger charge is -2.30. The molecule has 0 spiro atoms. The Kier molecular flexibility index (Phi) is 4.77. The van der Waals surface area contributed by atoms with E-state index in [1.165, 1.54) is 0 Å². The fourth-order valence-electron chi connectivity index (χ4n) is 2.93. The van der Waals surface area contributed by atoms with Crippen LogP contribution in [0.2, 0.25) is 0 Å². The Bertz CT molecular complexity index is 459. The van der Waals surface area contributed by atoms with Crippen LogP contribution in [0.4, 0.5) is 0 Å². The molecule has 0 radical (unpaired) electrons. The molecule has 0 aliphatic carbocycles. The van der Waals surface area contributed by atoms with Crippen LogP contribution in [0.1, 0.15) is 38.2 Å². The normalized spacial score (nSPS) is 19.9. The molecule has 20 heavy (non-hydrogen) atoms. The van der Waals surface area contributed by atoms with Crippen LogP contribution in [0, 0.1) is 5.92 Å². The van der Waals surface area contributed by atoms with Crippen molar-refractivity contribution >= 4 is 12.3 Å². The highest BCUT2D eigenvalue weighted by molar-refractivity contribution is 5.84. The van der Waals surface area contributed by atoms with Gasteiger partial charge in [-0.05, 0) is 24.3 Å². The molecule has 1 aliphatic heterocycles. The predicted octanol–water partition coefficient (Wildman–Crippen LogP) is 2.12. The van der Waals surface area contributed by atoms with E-state index in [1.54, 1.807) is 0 Å². The summed E-state index contributed by atoms with van der Waals surface area (Å²) in [5.74, 6) is 0.190. The van der Waals surface area contributed by atoms with E-state index in [0.29, 0.717) is 6.41 Å². The maximum Gasteiger partial charge on any atom is 0.232 e. The number of nitrogens with one attached hydrogen (secondary N) is 1. The van der Waals surface area contributed by atoms with E-state index >= 15 is 0 Å². The standard InChI is InChI=1S/C16H22N2O2/c1-12(2)15(13-7-4-3-5-8-13)16(20)18-10-6-9-14(18)17-11-19/h3-5,7-8,11-12,14-15H,6,9-10H2,1-2H3,(H,17,19). The Morgan fingerprint density at radius 1 is 1.35 bits per heavy atom. The summed E-state index contributed by atoms with van der Waals surface area (Å²) in [5, 5.41) is 2.75. The third-order valence-electron chi connectivity index (χ3n) is 3.89. The van der Waals surface area contributed by atoms with Crippen molar-refractivity contribution in [1.82, 2.24) is 10.2 Å². The molecule has 0 bridgehead atoms. The van der Waals surface area contributed by atoms with Gasteiger partial charge >= 0.3 is 0 Å². The minimum atomic E-state index is -0.148. The van der Waals surface area contributed by atoms with Crippen LogP contribution in [-0.4, -0.2) is 29.9 Å². The van der Waals surface area contributed by atoms with Gasteiger partial charge in [-0.25, -0.2) is 0 Å². The Hall–Kier alpha value is -1.84. The van der Waals surface area contributed by atoms with Gasteiger partial charge in [-0.15, -0.1) is 0 Å². The monoisotopic (exact) mass is 274 g/mol. The molecule has 1 saturated heterocycles. The molecule has 0 aromatic heterocycles. The van der Waals surface area contributed by atoms with Crippen LogP contribution in [-0.2, 0) is 9.59 Å². The average Bonchev–Trinajstić information content (AvgIpc) is 2.88. The third kappa shape index (κ3) is 3.00. The van der Waals surface area contributed by atoms with Crippen LogP contribution >= 0.6 is 0 Å². The van der Waals surface area contributed by atoms with Gasteiger partial charge in [-0.3, -0.25) is 9.59 Å². The highest BCUT2D eigenvalue weighted by Gasteiger charge is 2.34. The average molecular weight is 274 g/mol. The van der Waals surface area contributed by atoms with Gasteiger partial charge in [0.25, 0.3) is 0 Å². The van der Waals surface area contributed by atoms with E-state index in [1.807, 2.05) is 35.2 Å². The topological polar surface area (TPSA) is 49.4 Å². The molecular weight excluding hydrogens is 252 g/mol. The Labute approximate surface area is 120 Å². The number of hydrogen-bond donors (Lipinski definition) is 1. The van der Waals surface area contributed by atoms with E-state index in [-0.39, 0.29) is 23.9 Å². The summed E-state index contributed by atoms with van der Waals surface area (Å²) in [7, 11) is 0. The molecule has 1 N–H and O–H groups in total. The van der Waals surface area contributed by atoms with Gasteiger partial charge in [0.2, 0.25) is 12.3 Å². The number of nitrogens with zero attached hydrogens (tertiary/aromatic N) is 1. The lowest BCUT2D eigenvalue weighted by atomic mass is 9.87. The van der Waals surface area contributed by atoms with Gasteiger partial charge in [-0.2, -0.15) is 0 Å². The minimum Gasteiger partial charge on any atom is -0.338 e. The second-order valence-electron chi connectivity index (χ2n) is 5.61. The number of likely N-dealkylation sites (tertiary alicyclic amines) is 1. The molecule has 2 amide bonds. The van der Waals surface area contributed by atoms with Crippen LogP contribution in [0.25, 0.3) is 0 Å². The van der Waals surface area contributed by atoms with Gasteiger partial charge in [0.05, 0.1) is 5.92 Å². The second-order valence-corrected chi connectivity index (χ2v) is 5.61. The fraction of sp³-hybridized carbons (Fsp3) is 0.500. The molecule has 1 heterocycles. The van der Waals surface area contributed by atoms with Gasteiger partial charge in [-0.1, -0.05) is 44.2 Å². The number of hydrogen-bond acceptors (Lipinski definition) is 2. The first-order valence-corrected chi connectivity index (χ1v) is 7.20. The number of amides is 2. The molecule has 2 rings (SSSR count). The molecule has 108 valence electrons. The van der Waals surface area contributed by atoms with Crippen molar-refractivity contribution in [2.24, 2.45) is 5.92 Å². The van der Waals surface area contributed by atoms with E-state index < -0.39 is 0 Å². The zero-order chi connectivity index (χ0) is 14.5. The van der Waals surface area contributed by atoms with Crippen molar-refractivity contribution in [3.05, 3.63) is 35.9 Å². The summed E-state index contributed by atoms with van der Waals surface area (Å²) in [6.45, 7) is 4.85. The molecule has 2 atom stereocenters. The van der Waals surface area contributed by atoms with Gasteiger partial charge in [0.1, 0.15) is 6.17 Å².